The number of guanidine groups is 1. The van der Waals surface area contributed by atoms with Crippen LogP contribution in [0.1, 0.15) is 5.69 Å². The number of aromatic nitrogens is 2. The Hall–Kier alpha value is -1.95. The number of pyridine rings is 2. The minimum atomic E-state index is 0.353. The zero-order chi connectivity index (χ0) is 13.5. The third kappa shape index (κ3) is 4.67. The van der Waals surface area contributed by atoms with Gasteiger partial charge in [-0.1, -0.05) is 6.07 Å². The zero-order valence-electron chi connectivity index (χ0n) is 10.3. The molecule has 19 heavy (non-hydrogen) atoms. The number of nitrogens with one attached hydrogen (secondary N) is 1. The van der Waals surface area contributed by atoms with Gasteiger partial charge in [-0.3, -0.25) is 9.98 Å². The van der Waals surface area contributed by atoms with Crippen molar-refractivity contribution >= 4 is 27.7 Å². The average Bonchev–Trinajstić information content (AvgIpc) is 2.43. The number of halogens is 1. The van der Waals surface area contributed by atoms with Gasteiger partial charge in [-0.05, 0) is 40.2 Å². The van der Waals surface area contributed by atoms with Crippen molar-refractivity contribution in [3.05, 3.63) is 52.9 Å². The van der Waals surface area contributed by atoms with Crippen LogP contribution in [0.25, 0.3) is 0 Å². The summed E-state index contributed by atoms with van der Waals surface area (Å²) >= 11 is 3.32. The number of nitrogens with two attached hydrogens (primary N) is 1. The minimum absolute atomic E-state index is 0.353. The summed E-state index contributed by atoms with van der Waals surface area (Å²) in [5.74, 6) is 1.02. The van der Waals surface area contributed by atoms with Crippen LogP contribution in [0.5, 0.6) is 0 Å². The SMILES string of the molecule is NC(=NCCc1ccccn1)Nc1ccc(Br)cn1. The highest BCUT2D eigenvalue weighted by Gasteiger charge is 1.97. The van der Waals surface area contributed by atoms with Gasteiger partial charge in [0, 0.05) is 35.5 Å². The summed E-state index contributed by atoms with van der Waals surface area (Å²) in [4.78, 5) is 12.6. The van der Waals surface area contributed by atoms with Gasteiger partial charge >= 0.3 is 0 Å². The maximum absolute atomic E-state index is 5.77. The van der Waals surface area contributed by atoms with Crippen LogP contribution in [-0.4, -0.2) is 22.5 Å². The van der Waals surface area contributed by atoms with E-state index in [1.165, 1.54) is 0 Å². The van der Waals surface area contributed by atoms with E-state index in [-0.39, 0.29) is 0 Å². The molecule has 0 fully saturated rings. The molecule has 0 aliphatic rings. The van der Waals surface area contributed by atoms with Gasteiger partial charge in [-0.2, -0.15) is 0 Å². The lowest BCUT2D eigenvalue weighted by molar-refractivity contribution is 0.921. The van der Waals surface area contributed by atoms with Crippen LogP contribution in [0.3, 0.4) is 0 Å². The van der Waals surface area contributed by atoms with Crippen LogP contribution in [0, 0.1) is 0 Å². The molecule has 0 saturated carbocycles. The van der Waals surface area contributed by atoms with Crippen LogP contribution in [0.4, 0.5) is 5.82 Å². The molecule has 0 bridgehead atoms. The zero-order valence-corrected chi connectivity index (χ0v) is 11.8. The summed E-state index contributed by atoms with van der Waals surface area (Å²) in [6.45, 7) is 0.590. The van der Waals surface area contributed by atoms with Crippen molar-refractivity contribution in [3.63, 3.8) is 0 Å². The number of anilines is 1. The average molecular weight is 320 g/mol. The van der Waals surface area contributed by atoms with Crippen LogP contribution >= 0.6 is 15.9 Å². The molecule has 0 aliphatic heterocycles. The second kappa shape index (κ2) is 6.84. The maximum Gasteiger partial charge on any atom is 0.194 e. The highest BCUT2D eigenvalue weighted by molar-refractivity contribution is 9.10. The molecule has 2 aromatic heterocycles. The first-order valence-corrected chi connectivity index (χ1v) is 6.62. The Bertz CT molecular complexity index is 539. The maximum atomic E-state index is 5.77. The van der Waals surface area contributed by atoms with E-state index in [0.29, 0.717) is 18.3 Å². The predicted octanol–water partition coefficient (Wildman–Crippen LogP) is 2.21. The van der Waals surface area contributed by atoms with Crippen LogP contribution in [0.2, 0.25) is 0 Å². The Morgan fingerprint density at radius 2 is 2.16 bits per heavy atom. The Morgan fingerprint density at radius 3 is 2.84 bits per heavy atom. The van der Waals surface area contributed by atoms with E-state index in [2.05, 4.69) is 36.2 Å². The lowest BCUT2D eigenvalue weighted by Crippen LogP contribution is -2.23. The summed E-state index contributed by atoms with van der Waals surface area (Å²) in [5, 5.41) is 2.93. The largest absolute Gasteiger partial charge is 0.370 e. The molecule has 5 nitrogen and oxygen atoms in total. The first-order valence-electron chi connectivity index (χ1n) is 5.82. The van der Waals surface area contributed by atoms with Gasteiger partial charge < -0.3 is 11.1 Å². The molecule has 2 heterocycles. The molecule has 0 aliphatic carbocycles. The van der Waals surface area contributed by atoms with E-state index in [9.17, 15) is 0 Å². The number of nitrogens with zero attached hydrogens (tertiary/aromatic N) is 3. The molecule has 0 atom stereocenters. The molecule has 2 rings (SSSR count). The quantitative estimate of drug-likeness (QED) is 0.669. The lowest BCUT2D eigenvalue weighted by Gasteiger charge is -2.04. The molecule has 0 unspecified atom stereocenters. The molecule has 0 saturated heterocycles. The smallest absolute Gasteiger partial charge is 0.194 e. The Labute approximate surface area is 120 Å². The van der Waals surface area contributed by atoms with E-state index < -0.39 is 0 Å². The molecule has 0 radical (unpaired) electrons. The van der Waals surface area contributed by atoms with Crippen molar-refractivity contribution in [2.24, 2.45) is 10.7 Å². The van der Waals surface area contributed by atoms with Crippen molar-refractivity contribution in [1.29, 1.82) is 0 Å². The molecular formula is C13H14BrN5. The van der Waals surface area contributed by atoms with Gasteiger partial charge in [-0.25, -0.2) is 4.98 Å². The molecule has 6 heteroatoms. The molecule has 0 aromatic carbocycles. The van der Waals surface area contributed by atoms with Gasteiger partial charge in [0.05, 0.1) is 0 Å². The van der Waals surface area contributed by atoms with Crippen molar-refractivity contribution in [2.45, 2.75) is 6.42 Å². The molecule has 0 spiro atoms. The third-order valence-electron chi connectivity index (χ3n) is 2.36. The molecule has 3 N–H and O–H groups in total. The number of hydrogen-bond donors (Lipinski definition) is 2. The monoisotopic (exact) mass is 319 g/mol. The second-order valence-corrected chi connectivity index (χ2v) is 4.74. The highest BCUT2D eigenvalue weighted by Crippen LogP contribution is 2.09. The summed E-state index contributed by atoms with van der Waals surface area (Å²) < 4.78 is 0.920. The topological polar surface area (TPSA) is 76.2 Å². The van der Waals surface area contributed by atoms with Crippen LogP contribution in [0.15, 0.2) is 52.2 Å². The van der Waals surface area contributed by atoms with Gasteiger partial charge in [0.15, 0.2) is 5.96 Å². The summed E-state index contributed by atoms with van der Waals surface area (Å²) in [7, 11) is 0. The Morgan fingerprint density at radius 1 is 1.26 bits per heavy atom. The minimum Gasteiger partial charge on any atom is -0.370 e. The van der Waals surface area contributed by atoms with Crippen molar-refractivity contribution in [2.75, 3.05) is 11.9 Å². The van der Waals surface area contributed by atoms with Gasteiger partial charge in [0.2, 0.25) is 0 Å². The van der Waals surface area contributed by atoms with Gasteiger partial charge in [-0.15, -0.1) is 0 Å². The fourth-order valence-corrected chi connectivity index (χ4v) is 1.69. The summed E-state index contributed by atoms with van der Waals surface area (Å²) in [6, 6.07) is 9.53. The van der Waals surface area contributed by atoms with E-state index >= 15 is 0 Å². The molecule has 98 valence electrons. The fraction of sp³-hybridized carbons (Fsp3) is 0.154. The third-order valence-corrected chi connectivity index (χ3v) is 2.83. The van der Waals surface area contributed by atoms with Crippen molar-refractivity contribution in [3.8, 4) is 0 Å². The van der Waals surface area contributed by atoms with Crippen LogP contribution in [-0.2, 0) is 6.42 Å². The first-order chi connectivity index (χ1) is 9.24. The van der Waals surface area contributed by atoms with Gasteiger partial charge in [0.25, 0.3) is 0 Å². The number of rotatable bonds is 4. The number of aliphatic imine (C=N–C) groups is 1. The molecule has 2 aromatic rings. The normalized spacial score (nSPS) is 11.3. The molecular weight excluding hydrogens is 306 g/mol. The van der Waals surface area contributed by atoms with Crippen LogP contribution < -0.4 is 11.1 Å². The summed E-state index contributed by atoms with van der Waals surface area (Å²) in [6.07, 6.45) is 4.23. The predicted molar refractivity (Wildman–Crippen MR) is 80.0 cm³/mol. The Balaban J connectivity index is 1.84. The fourth-order valence-electron chi connectivity index (χ4n) is 1.46. The van der Waals surface area contributed by atoms with Crippen molar-refractivity contribution < 1.29 is 0 Å². The Kier molecular flexibility index (Phi) is 4.85. The number of hydrogen-bond acceptors (Lipinski definition) is 3. The highest BCUT2D eigenvalue weighted by atomic mass is 79.9. The molecule has 0 amide bonds. The first kappa shape index (κ1) is 13.5. The van der Waals surface area contributed by atoms with Crippen molar-refractivity contribution in [1.82, 2.24) is 9.97 Å². The van der Waals surface area contributed by atoms with E-state index in [1.54, 1.807) is 12.4 Å². The van der Waals surface area contributed by atoms with E-state index in [1.807, 2.05) is 30.3 Å². The standard InChI is InChI=1S/C13H14BrN5/c14-10-4-5-12(18-9-10)19-13(15)17-8-6-11-3-1-2-7-16-11/h1-5,7,9H,6,8H2,(H3,15,17,18,19). The van der Waals surface area contributed by atoms with E-state index in [0.717, 1.165) is 16.6 Å². The lowest BCUT2D eigenvalue weighted by atomic mass is 10.3. The summed E-state index contributed by atoms with van der Waals surface area (Å²) in [5.41, 5.74) is 6.78. The van der Waals surface area contributed by atoms with Gasteiger partial charge in [0.1, 0.15) is 5.82 Å². The van der Waals surface area contributed by atoms with E-state index in [4.69, 9.17) is 5.73 Å². The second-order valence-electron chi connectivity index (χ2n) is 3.82.